The first kappa shape index (κ1) is 28.7. The maximum atomic E-state index is 13.3. The molecule has 0 bridgehead atoms. The lowest BCUT2D eigenvalue weighted by Gasteiger charge is -2.32. The number of carbonyl (C=O) groups excluding carboxylic acids is 4. The molecule has 1 aliphatic rings. The van der Waals surface area contributed by atoms with Crippen LogP contribution in [0, 0.1) is 22.0 Å². The van der Waals surface area contributed by atoms with Crippen LogP contribution in [0.3, 0.4) is 0 Å². The van der Waals surface area contributed by atoms with Gasteiger partial charge in [-0.05, 0) is 36.8 Å². The van der Waals surface area contributed by atoms with Crippen molar-refractivity contribution < 1.29 is 37.3 Å². The van der Waals surface area contributed by atoms with Crippen LogP contribution in [-0.2, 0) is 14.4 Å². The van der Waals surface area contributed by atoms with E-state index in [4.69, 9.17) is 0 Å². The van der Waals surface area contributed by atoms with Gasteiger partial charge in [-0.3, -0.25) is 29.3 Å². The maximum Gasteiger partial charge on any atom is 0.452 e. The number of nitrogens with zero attached hydrogens (tertiary/aromatic N) is 2. The quantitative estimate of drug-likeness (QED) is 0.384. The Kier molecular flexibility index (Phi) is 9.16. The number of hydrogen-bond acceptors (Lipinski definition) is 6. The number of nitro benzene ring substituents is 1. The SMILES string of the molecule is CC(C)C(NC(=O)[C@@H]1CCCN1C(=O)[C@@H](NC(=O)c1ccc([N+](=O)[O-])cc1)C(C)C)C(=O)C(F)(F)F. The molecule has 0 aliphatic carbocycles. The molecule has 3 amide bonds. The molecule has 1 unspecified atom stereocenters. The zero-order chi connectivity index (χ0) is 27.4. The van der Waals surface area contributed by atoms with Crippen LogP contribution in [0.4, 0.5) is 18.9 Å². The summed E-state index contributed by atoms with van der Waals surface area (Å²) in [5, 5.41) is 15.5. The van der Waals surface area contributed by atoms with Gasteiger partial charge < -0.3 is 15.5 Å². The predicted molar refractivity (Wildman–Crippen MR) is 122 cm³/mol. The van der Waals surface area contributed by atoms with E-state index >= 15 is 0 Å². The molecule has 2 N–H and O–H groups in total. The Balaban J connectivity index is 2.18. The third-order valence-electron chi connectivity index (χ3n) is 5.92. The summed E-state index contributed by atoms with van der Waals surface area (Å²) >= 11 is 0. The van der Waals surface area contributed by atoms with Crippen LogP contribution in [0.15, 0.2) is 24.3 Å². The van der Waals surface area contributed by atoms with Crippen molar-refractivity contribution >= 4 is 29.2 Å². The van der Waals surface area contributed by atoms with Gasteiger partial charge >= 0.3 is 6.18 Å². The Hall–Kier alpha value is -3.51. The molecule has 0 aromatic heterocycles. The molecule has 13 heteroatoms. The predicted octanol–water partition coefficient (Wildman–Crippen LogP) is 2.61. The van der Waals surface area contributed by atoms with Crippen LogP contribution in [-0.4, -0.2) is 64.2 Å². The van der Waals surface area contributed by atoms with Gasteiger partial charge in [-0.15, -0.1) is 0 Å². The molecular formula is C23H29F3N4O6. The minimum Gasteiger partial charge on any atom is -0.344 e. The molecule has 1 fully saturated rings. The van der Waals surface area contributed by atoms with E-state index in [1.165, 1.54) is 30.9 Å². The van der Waals surface area contributed by atoms with Gasteiger partial charge in [0.05, 0.1) is 11.0 Å². The topological polar surface area (TPSA) is 139 Å². The molecule has 2 rings (SSSR count). The molecule has 0 radical (unpaired) electrons. The normalized spacial score (nSPS) is 17.6. The lowest BCUT2D eigenvalue weighted by molar-refractivity contribution is -0.384. The fraction of sp³-hybridized carbons (Fsp3) is 0.565. The van der Waals surface area contributed by atoms with Crippen LogP contribution < -0.4 is 10.6 Å². The monoisotopic (exact) mass is 514 g/mol. The van der Waals surface area contributed by atoms with Crippen LogP contribution >= 0.6 is 0 Å². The summed E-state index contributed by atoms with van der Waals surface area (Å²) in [6, 6.07) is 0.815. The van der Waals surface area contributed by atoms with Crippen molar-refractivity contribution in [1.29, 1.82) is 0 Å². The lowest BCUT2D eigenvalue weighted by Crippen LogP contribution is -2.58. The lowest BCUT2D eigenvalue weighted by atomic mass is 9.98. The molecule has 198 valence electrons. The maximum absolute atomic E-state index is 13.3. The number of nitro groups is 1. The summed E-state index contributed by atoms with van der Waals surface area (Å²) < 4.78 is 38.9. The highest BCUT2D eigenvalue weighted by Gasteiger charge is 2.46. The summed E-state index contributed by atoms with van der Waals surface area (Å²) in [5.41, 5.74) is -0.127. The summed E-state index contributed by atoms with van der Waals surface area (Å²) in [6.45, 7) is 6.22. The van der Waals surface area contributed by atoms with E-state index in [2.05, 4.69) is 10.6 Å². The van der Waals surface area contributed by atoms with Crippen molar-refractivity contribution in [3.05, 3.63) is 39.9 Å². The first-order chi connectivity index (χ1) is 16.6. The van der Waals surface area contributed by atoms with Crippen molar-refractivity contribution in [2.24, 2.45) is 11.8 Å². The van der Waals surface area contributed by atoms with E-state index < -0.39 is 64.6 Å². The molecule has 1 saturated heterocycles. The van der Waals surface area contributed by atoms with E-state index in [9.17, 15) is 42.5 Å². The highest BCUT2D eigenvalue weighted by molar-refractivity contribution is 5.99. The number of hydrogen-bond donors (Lipinski definition) is 2. The first-order valence-corrected chi connectivity index (χ1v) is 11.4. The van der Waals surface area contributed by atoms with E-state index in [1.54, 1.807) is 13.8 Å². The smallest absolute Gasteiger partial charge is 0.344 e. The second kappa shape index (κ2) is 11.5. The average molecular weight is 515 g/mol. The number of halogens is 3. The van der Waals surface area contributed by atoms with Crippen molar-refractivity contribution in [1.82, 2.24) is 15.5 Å². The zero-order valence-electron chi connectivity index (χ0n) is 20.3. The molecule has 0 saturated carbocycles. The standard InChI is InChI=1S/C23H29F3N4O6/c1-12(2)17(19(31)23(24,25)26)27-21(33)16-6-5-11-29(16)22(34)18(13(3)4)28-20(32)14-7-9-15(10-8-14)30(35)36/h7-10,12-13,16-18H,5-6,11H2,1-4H3,(H,27,33)(H,28,32)/t16-,17?,18-/m0/s1. The summed E-state index contributed by atoms with van der Waals surface area (Å²) in [4.78, 5) is 62.0. The van der Waals surface area contributed by atoms with Crippen molar-refractivity contribution in [2.75, 3.05) is 6.54 Å². The number of carbonyl (C=O) groups is 4. The first-order valence-electron chi connectivity index (χ1n) is 11.4. The second-order valence-corrected chi connectivity index (χ2v) is 9.28. The Morgan fingerprint density at radius 2 is 1.56 bits per heavy atom. The van der Waals surface area contributed by atoms with Crippen molar-refractivity contribution in [3.63, 3.8) is 0 Å². The number of Topliss-reactive ketones (excluding diaryl/α,β-unsaturated/α-hetero) is 1. The number of rotatable bonds is 9. The molecule has 1 aromatic carbocycles. The number of alkyl halides is 3. The number of benzene rings is 1. The molecule has 36 heavy (non-hydrogen) atoms. The average Bonchev–Trinajstić information content (AvgIpc) is 3.29. The Labute approximate surface area is 205 Å². The minimum absolute atomic E-state index is 0.0835. The molecule has 1 aliphatic heterocycles. The van der Waals surface area contributed by atoms with Gasteiger partial charge in [0, 0.05) is 24.2 Å². The van der Waals surface area contributed by atoms with Gasteiger partial charge in [0.25, 0.3) is 17.4 Å². The Bertz CT molecular complexity index is 1010. The van der Waals surface area contributed by atoms with Crippen molar-refractivity contribution in [2.45, 2.75) is 64.8 Å². The van der Waals surface area contributed by atoms with Gasteiger partial charge in [-0.25, -0.2) is 0 Å². The van der Waals surface area contributed by atoms with Gasteiger partial charge in [0.15, 0.2) is 0 Å². The highest BCUT2D eigenvalue weighted by atomic mass is 19.4. The van der Waals surface area contributed by atoms with E-state index in [-0.39, 0.29) is 24.2 Å². The van der Waals surface area contributed by atoms with E-state index in [0.29, 0.717) is 6.42 Å². The molecular weight excluding hydrogens is 485 g/mol. The third kappa shape index (κ3) is 6.79. The third-order valence-corrected chi connectivity index (χ3v) is 5.92. The number of amides is 3. The fourth-order valence-corrected chi connectivity index (χ4v) is 3.92. The zero-order valence-corrected chi connectivity index (χ0v) is 20.3. The van der Waals surface area contributed by atoms with E-state index in [1.807, 2.05) is 0 Å². The van der Waals surface area contributed by atoms with Crippen LogP contribution in [0.1, 0.15) is 50.9 Å². The molecule has 10 nitrogen and oxygen atoms in total. The molecule has 3 atom stereocenters. The second-order valence-electron chi connectivity index (χ2n) is 9.28. The van der Waals surface area contributed by atoms with Crippen LogP contribution in [0.5, 0.6) is 0 Å². The van der Waals surface area contributed by atoms with Crippen molar-refractivity contribution in [3.8, 4) is 0 Å². The number of nitrogens with one attached hydrogen (secondary N) is 2. The summed E-state index contributed by atoms with van der Waals surface area (Å²) in [7, 11) is 0. The van der Waals surface area contributed by atoms with Gasteiger partial charge in [0.1, 0.15) is 12.1 Å². The van der Waals surface area contributed by atoms with Gasteiger partial charge in [-0.1, -0.05) is 27.7 Å². The Morgan fingerprint density at radius 3 is 2.03 bits per heavy atom. The molecule has 1 aromatic rings. The molecule has 1 heterocycles. The van der Waals surface area contributed by atoms with Gasteiger partial charge in [-0.2, -0.15) is 13.2 Å². The Morgan fingerprint density at radius 1 is 1.00 bits per heavy atom. The summed E-state index contributed by atoms with van der Waals surface area (Å²) in [5.74, 6) is -5.45. The fourth-order valence-electron chi connectivity index (χ4n) is 3.92. The number of likely N-dealkylation sites (tertiary alicyclic amines) is 1. The highest BCUT2D eigenvalue weighted by Crippen LogP contribution is 2.24. The minimum atomic E-state index is -5.13. The number of ketones is 1. The van der Waals surface area contributed by atoms with E-state index in [0.717, 1.165) is 12.1 Å². The van der Waals surface area contributed by atoms with Crippen LogP contribution in [0.2, 0.25) is 0 Å². The summed E-state index contributed by atoms with van der Waals surface area (Å²) in [6.07, 6.45) is -4.54. The molecule has 0 spiro atoms. The van der Waals surface area contributed by atoms with Crippen LogP contribution in [0.25, 0.3) is 0 Å². The number of non-ortho nitro benzene ring substituents is 1. The largest absolute Gasteiger partial charge is 0.452 e. The van der Waals surface area contributed by atoms with Gasteiger partial charge in [0.2, 0.25) is 11.8 Å².